The van der Waals surface area contributed by atoms with Gasteiger partial charge < -0.3 is 10.1 Å². The van der Waals surface area contributed by atoms with Crippen LogP contribution in [0.15, 0.2) is 42.5 Å². The Bertz CT molecular complexity index is 598. The van der Waals surface area contributed by atoms with Gasteiger partial charge in [0, 0.05) is 10.7 Å². The minimum absolute atomic E-state index is 0.129. The second-order valence-electron chi connectivity index (χ2n) is 5.21. The summed E-state index contributed by atoms with van der Waals surface area (Å²) in [6, 6.07) is 14.0. The van der Waals surface area contributed by atoms with Crippen molar-refractivity contribution in [3.8, 4) is 5.75 Å². The molecule has 0 aliphatic carbocycles. The van der Waals surface area contributed by atoms with E-state index in [9.17, 15) is 0 Å². The Kier molecular flexibility index (Phi) is 5.51. The van der Waals surface area contributed by atoms with Gasteiger partial charge in [0.1, 0.15) is 11.9 Å². The molecule has 2 aromatic rings. The van der Waals surface area contributed by atoms with E-state index < -0.39 is 0 Å². The van der Waals surface area contributed by atoms with Crippen LogP contribution >= 0.6 is 11.6 Å². The normalized spacial score (nSPS) is 12.0. The molecule has 2 rings (SSSR count). The van der Waals surface area contributed by atoms with Crippen molar-refractivity contribution in [2.75, 3.05) is 11.9 Å². The second-order valence-corrected chi connectivity index (χ2v) is 5.61. The van der Waals surface area contributed by atoms with Crippen LogP contribution in [0.4, 0.5) is 5.69 Å². The fourth-order valence-corrected chi connectivity index (χ4v) is 2.33. The third-order valence-electron chi connectivity index (χ3n) is 3.63. The Labute approximate surface area is 132 Å². The van der Waals surface area contributed by atoms with E-state index in [-0.39, 0.29) is 6.10 Å². The molecule has 2 nitrogen and oxygen atoms in total. The average molecular weight is 304 g/mol. The van der Waals surface area contributed by atoms with E-state index in [0.29, 0.717) is 0 Å². The van der Waals surface area contributed by atoms with Gasteiger partial charge in [0.2, 0.25) is 0 Å². The molecule has 0 bridgehead atoms. The Morgan fingerprint density at radius 2 is 1.86 bits per heavy atom. The van der Waals surface area contributed by atoms with Gasteiger partial charge in [-0.05, 0) is 49.6 Å². The molecular weight excluding hydrogens is 282 g/mol. The Morgan fingerprint density at radius 1 is 1.10 bits per heavy atom. The third-order valence-corrected chi connectivity index (χ3v) is 4.04. The molecule has 21 heavy (non-hydrogen) atoms. The zero-order valence-corrected chi connectivity index (χ0v) is 13.6. The first-order valence-electron chi connectivity index (χ1n) is 7.33. The highest BCUT2D eigenvalue weighted by molar-refractivity contribution is 6.31. The number of nitrogens with one attached hydrogen (secondary N) is 1. The van der Waals surface area contributed by atoms with E-state index in [1.54, 1.807) is 0 Å². The number of hydrogen-bond donors (Lipinski definition) is 1. The predicted molar refractivity (Wildman–Crippen MR) is 90.6 cm³/mol. The number of para-hydroxylation sites is 1. The molecule has 1 unspecified atom stereocenters. The average Bonchev–Trinajstić information content (AvgIpc) is 2.49. The minimum atomic E-state index is 0.129. The Morgan fingerprint density at radius 3 is 2.57 bits per heavy atom. The summed E-state index contributed by atoms with van der Waals surface area (Å²) < 4.78 is 6.09. The molecule has 112 valence electrons. The van der Waals surface area contributed by atoms with Crippen LogP contribution in [0.5, 0.6) is 5.75 Å². The quantitative estimate of drug-likeness (QED) is 0.789. The lowest BCUT2D eigenvalue weighted by molar-refractivity contribution is 0.208. The van der Waals surface area contributed by atoms with Gasteiger partial charge in [0.15, 0.2) is 0 Å². The number of ether oxygens (including phenoxy) is 1. The molecule has 0 spiro atoms. The van der Waals surface area contributed by atoms with Crippen molar-refractivity contribution in [3.05, 3.63) is 58.6 Å². The SMILES string of the molecule is CCC(CNc1cccc(Cl)c1C)Oc1ccccc1C. The van der Waals surface area contributed by atoms with Gasteiger partial charge in [-0.15, -0.1) is 0 Å². The van der Waals surface area contributed by atoms with Crippen molar-refractivity contribution >= 4 is 17.3 Å². The van der Waals surface area contributed by atoms with Crippen LogP contribution in [0, 0.1) is 13.8 Å². The van der Waals surface area contributed by atoms with Crippen LogP contribution < -0.4 is 10.1 Å². The van der Waals surface area contributed by atoms with Gasteiger partial charge in [0.05, 0.1) is 6.54 Å². The van der Waals surface area contributed by atoms with Crippen molar-refractivity contribution < 1.29 is 4.74 Å². The monoisotopic (exact) mass is 303 g/mol. The lowest BCUT2D eigenvalue weighted by atomic mass is 10.2. The van der Waals surface area contributed by atoms with Crippen molar-refractivity contribution in [2.45, 2.75) is 33.3 Å². The first kappa shape index (κ1) is 15.7. The first-order valence-corrected chi connectivity index (χ1v) is 7.71. The molecule has 0 saturated heterocycles. The van der Waals surface area contributed by atoms with Gasteiger partial charge in [-0.3, -0.25) is 0 Å². The zero-order chi connectivity index (χ0) is 15.2. The number of rotatable bonds is 6. The van der Waals surface area contributed by atoms with E-state index in [1.165, 1.54) is 0 Å². The van der Waals surface area contributed by atoms with Crippen molar-refractivity contribution in [3.63, 3.8) is 0 Å². The summed E-state index contributed by atoms with van der Waals surface area (Å²) in [5, 5.41) is 4.22. The fourth-order valence-electron chi connectivity index (χ4n) is 2.16. The maximum Gasteiger partial charge on any atom is 0.122 e. The van der Waals surface area contributed by atoms with Crippen molar-refractivity contribution in [1.29, 1.82) is 0 Å². The highest BCUT2D eigenvalue weighted by atomic mass is 35.5. The largest absolute Gasteiger partial charge is 0.488 e. The predicted octanol–water partition coefficient (Wildman–Crippen LogP) is 5.23. The highest BCUT2D eigenvalue weighted by Crippen LogP contribution is 2.24. The number of aryl methyl sites for hydroxylation is 1. The van der Waals surface area contributed by atoms with Gasteiger partial charge in [0.25, 0.3) is 0 Å². The standard InChI is InChI=1S/C18H22ClNO/c1-4-15(21-18-11-6-5-8-13(18)2)12-20-17-10-7-9-16(19)14(17)3/h5-11,15,20H,4,12H2,1-3H3. The Balaban J connectivity index is 2.00. The summed E-state index contributed by atoms with van der Waals surface area (Å²) in [6.07, 6.45) is 1.07. The summed E-state index contributed by atoms with van der Waals surface area (Å²) in [5.41, 5.74) is 3.30. The van der Waals surface area contributed by atoms with E-state index in [1.807, 2.05) is 43.3 Å². The summed E-state index contributed by atoms with van der Waals surface area (Å²) in [4.78, 5) is 0. The summed E-state index contributed by atoms with van der Waals surface area (Å²) in [6.45, 7) is 6.98. The van der Waals surface area contributed by atoms with Crippen LogP contribution in [0.2, 0.25) is 5.02 Å². The molecule has 2 aromatic carbocycles. The third kappa shape index (κ3) is 4.15. The van der Waals surface area contributed by atoms with Gasteiger partial charge in [-0.1, -0.05) is 42.8 Å². The van der Waals surface area contributed by atoms with Crippen LogP contribution in [-0.4, -0.2) is 12.6 Å². The maximum absolute atomic E-state index is 6.14. The molecule has 0 radical (unpaired) electrons. The lowest BCUT2D eigenvalue weighted by Crippen LogP contribution is -2.26. The molecular formula is C18H22ClNO. The lowest BCUT2D eigenvalue weighted by Gasteiger charge is -2.21. The van der Waals surface area contributed by atoms with Crippen LogP contribution in [0.25, 0.3) is 0 Å². The number of hydrogen-bond acceptors (Lipinski definition) is 2. The number of benzene rings is 2. The van der Waals surface area contributed by atoms with E-state index >= 15 is 0 Å². The van der Waals surface area contributed by atoms with Crippen LogP contribution in [0.3, 0.4) is 0 Å². The van der Waals surface area contributed by atoms with Crippen LogP contribution in [0.1, 0.15) is 24.5 Å². The summed E-state index contributed by atoms with van der Waals surface area (Å²) in [7, 11) is 0. The van der Waals surface area contributed by atoms with Gasteiger partial charge in [-0.25, -0.2) is 0 Å². The molecule has 0 amide bonds. The molecule has 0 saturated carbocycles. The summed E-state index contributed by atoms with van der Waals surface area (Å²) in [5.74, 6) is 0.953. The van der Waals surface area contributed by atoms with E-state index in [0.717, 1.165) is 40.6 Å². The van der Waals surface area contributed by atoms with Gasteiger partial charge >= 0.3 is 0 Å². The molecule has 0 aliphatic heterocycles. The fraction of sp³-hybridized carbons (Fsp3) is 0.333. The number of anilines is 1. The molecule has 3 heteroatoms. The first-order chi connectivity index (χ1) is 10.1. The molecule has 0 heterocycles. The second kappa shape index (κ2) is 7.37. The van der Waals surface area contributed by atoms with Gasteiger partial charge in [-0.2, -0.15) is 0 Å². The maximum atomic E-state index is 6.14. The van der Waals surface area contributed by atoms with Crippen molar-refractivity contribution in [1.82, 2.24) is 0 Å². The van der Waals surface area contributed by atoms with Crippen LogP contribution in [-0.2, 0) is 0 Å². The molecule has 0 fully saturated rings. The van der Waals surface area contributed by atoms with Crippen molar-refractivity contribution in [2.24, 2.45) is 0 Å². The molecule has 0 aromatic heterocycles. The highest BCUT2D eigenvalue weighted by Gasteiger charge is 2.10. The molecule has 1 atom stereocenters. The van der Waals surface area contributed by atoms with E-state index in [2.05, 4.69) is 25.2 Å². The minimum Gasteiger partial charge on any atom is -0.488 e. The van der Waals surface area contributed by atoms with E-state index in [4.69, 9.17) is 16.3 Å². The summed E-state index contributed by atoms with van der Waals surface area (Å²) >= 11 is 6.14. The molecule has 0 aliphatic rings. The molecule has 1 N–H and O–H groups in total. The smallest absolute Gasteiger partial charge is 0.122 e. The topological polar surface area (TPSA) is 21.3 Å². The number of halogens is 1. The zero-order valence-electron chi connectivity index (χ0n) is 12.8. The Hall–Kier alpha value is -1.67.